The van der Waals surface area contributed by atoms with Gasteiger partial charge in [0.2, 0.25) is 5.91 Å². The van der Waals surface area contributed by atoms with Crippen molar-refractivity contribution in [1.29, 1.82) is 0 Å². The standard InChI is InChI=1S/C27H32FN3O3S/c1-5-20(3)31(27(33)29-23-10-12-24(34-4)13-11-23)18-26(32)30(17-25-19(2)14-15-35-25)16-21-6-8-22(28)9-7-21/h6-15,20H,5,16-18H2,1-4H3,(H,29,33). The molecule has 2 aromatic carbocycles. The van der Waals surface area contributed by atoms with E-state index in [2.05, 4.69) is 5.32 Å². The van der Waals surface area contributed by atoms with Gasteiger partial charge in [0.25, 0.3) is 0 Å². The SMILES string of the molecule is CCC(C)N(CC(=O)N(Cc1ccc(F)cc1)Cc1sccc1C)C(=O)Nc1ccc(OC)cc1. The van der Waals surface area contributed by atoms with Crippen LogP contribution in [0.1, 0.15) is 36.3 Å². The van der Waals surface area contributed by atoms with Gasteiger partial charge >= 0.3 is 6.03 Å². The summed E-state index contributed by atoms with van der Waals surface area (Å²) < 4.78 is 18.6. The smallest absolute Gasteiger partial charge is 0.322 e. The van der Waals surface area contributed by atoms with Crippen molar-refractivity contribution in [2.45, 2.75) is 46.3 Å². The number of ether oxygens (including phenoxy) is 1. The second-order valence-corrected chi connectivity index (χ2v) is 9.45. The third kappa shape index (κ3) is 7.29. The molecule has 1 heterocycles. The van der Waals surface area contributed by atoms with Gasteiger partial charge in [-0.2, -0.15) is 0 Å². The van der Waals surface area contributed by atoms with E-state index in [0.29, 0.717) is 30.9 Å². The van der Waals surface area contributed by atoms with E-state index in [1.807, 2.05) is 32.2 Å². The van der Waals surface area contributed by atoms with Gasteiger partial charge < -0.3 is 19.9 Å². The number of rotatable bonds is 10. The van der Waals surface area contributed by atoms with E-state index in [1.54, 1.807) is 64.6 Å². The largest absolute Gasteiger partial charge is 0.497 e. The third-order valence-corrected chi connectivity index (χ3v) is 6.98. The Morgan fingerprint density at radius 2 is 1.74 bits per heavy atom. The molecule has 35 heavy (non-hydrogen) atoms. The number of anilines is 1. The molecule has 0 bridgehead atoms. The number of amides is 3. The molecule has 0 fully saturated rings. The first-order valence-corrected chi connectivity index (χ1v) is 12.5. The van der Waals surface area contributed by atoms with Crippen molar-refractivity contribution in [2.75, 3.05) is 19.0 Å². The number of hydrogen-bond donors (Lipinski definition) is 1. The lowest BCUT2D eigenvalue weighted by Crippen LogP contribution is -2.47. The molecular formula is C27H32FN3O3S. The summed E-state index contributed by atoms with van der Waals surface area (Å²) in [5, 5.41) is 4.88. The Morgan fingerprint density at radius 1 is 1.06 bits per heavy atom. The minimum absolute atomic E-state index is 0.0669. The molecule has 1 N–H and O–H groups in total. The van der Waals surface area contributed by atoms with Crippen molar-refractivity contribution in [3.63, 3.8) is 0 Å². The van der Waals surface area contributed by atoms with Crippen LogP contribution in [0.3, 0.4) is 0 Å². The molecule has 0 aliphatic rings. The van der Waals surface area contributed by atoms with Crippen molar-refractivity contribution in [2.24, 2.45) is 0 Å². The average Bonchev–Trinajstić information content (AvgIpc) is 3.27. The third-order valence-electron chi connectivity index (χ3n) is 5.97. The number of methoxy groups -OCH3 is 1. The lowest BCUT2D eigenvalue weighted by molar-refractivity contribution is -0.133. The number of carbonyl (C=O) groups is 2. The molecule has 1 unspecified atom stereocenters. The van der Waals surface area contributed by atoms with Gasteiger partial charge in [0.15, 0.2) is 0 Å². The predicted molar refractivity (Wildman–Crippen MR) is 138 cm³/mol. The van der Waals surface area contributed by atoms with Crippen LogP contribution in [0.25, 0.3) is 0 Å². The fourth-order valence-electron chi connectivity index (χ4n) is 3.55. The van der Waals surface area contributed by atoms with Crippen LogP contribution in [0.5, 0.6) is 5.75 Å². The Morgan fingerprint density at radius 3 is 2.31 bits per heavy atom. The quantitative estimate of drug-likeness (QED) is 0.370. The van der Waals surface area contributed by atoms with E-state index < -0.39 is 0 Å². The summed E-state index contributed by atoms with van der Waals surface area (Å²) in [6, 6.07) is 14.7. The lowest BCUT2D eigenvalue weighted by Gasteiger charge is -2.31. The van der Waals surface area contributed by atoms with Gasteiger partial charge in [-0.15, -0.1) is 11.3 Å². The van der Waals surface area contributed by atoms with Crippen molar-refractivity contribution in [1.82, 2.24) is 9.80 Å². The van der Waals surface area contributed by atoms with E-state index in [-0.39, 0.29) is 30.3 Å². The summed E-state index contributed by atoms with van der Waals surface area (Å²) in [5.41, 5.74) is 2.56. The minimum Gasteiger partial charge on any atom is -0.497 e. The van der Waals surface area contributed by atoms with Crippen LogP contribution in [0, 0.1) is 12.7 Å². The van der Waals surface area contributed by atoms with Crippen molar-refractivity contribution >= 4 is 29.0 Å². The van der Waals surface area contributed by atoms with Gasteiger partial charge in [0, 0.05) is 23.2 Å². The molecule has 0 saturated heterocycles. The van der Waals surface area contributed by atoms with E-state index >= 15 is 0 Å². The van der Waals surface area contributed by atoms with Crippen LogP contribution in [0.2, 0.25) is 0 Å². The van der Waals surface area contributed by atoms with Crippen LogP contribution in [-0.2, 0) is 17.9 Å². The van der Waals surface area contributed by atoms with Crippen LogP contribution < -0.4 is 10.1 Å². The van der Waals surface area contributed by atoms with E-state index in [4.69, 9.17) is 4.74 Å². The second kappa shape index (κ2) is 12.4. The normalized spacial score (nSPS) is 11.6. The summed E-state index contributed by atoms with van der Waals surface area (Å²) in [6.45, 7) is 6.60. The van der Waals surface area contributed by atoms with Crippen molar-refractivity contribution in [3.8, 4) is 5.75 Å². The zero-order chi connectivity index (χ0) is 25.4. The zero-order valence-corrected chi connectivity index (χ0v) is 21.4. The Hall–Kier alpha value is -3.39. The zero-order valence-electron chi connectivity index (χ0n) is 20.6. The molecule has 1 aromatic heterocycles. The minimum atomic E-state index is -0.341. The maximum absolute atomic E-state index is 13.5. The number of nitrogens with zero attached hydrogens (tertiary/aromatic N) is 2. The fraction of sp³-hybridized carbons (Fsp3) is 0.333. The van der Waals surface area contributed by atoms with Gasteiger partial charge in [-0.3, -0.25) is 4.79 Å². The van der Waals surface area contributed by atoms with Gasteiger partial charge in [-0.05, 0) is 79.2 Å². The summed E-state index contributed by atoms with van der Waals surface area (Å²) in [4.78, 5) is 31.1. The first-order valence-electron chi connectivity index (χ1n) is 11.6. The van der Waals surface area contributed by atoms with Crippen LogP contribution in [-0.4, -0.2) is 41.4 Å². The molecule has 1 atom stereocenters. The molecule has 0 saturated carbocycles. The van der Waals surface area contributed by atoms with Crippen molar-refractivity contribution in [3.05, 3.63) is 81.8 Å². The summed E-state index contributed by atoms with van der Waals surface area (Å²) >= 11 is 1.59. The number of carbonyl (C=O) groups excluding carboxylic acids is 2. The van der Waals surface area contributed by atoms with Gasteiger partial charge in [0.1, 0.15) is 18.1 Å². The number of halogens is 1. The summed E-state index contributed by atoms with van der Waals surface area (Å²) in [6.07, 6.45) is 0.700. The number of thiophene rings is 1. The van der Waals surface area contributed by atoms with Gasteiger partial charge in [-0.25, -0.2) is 9.18 Å². The molecule has 6 nitrogen and oxygen atoms in total. The number of nitrogens with one attached hydrogen (secondary N) is 1. The predicted octanol–water partition coefficient (Wildman–Crippen LogP) is 6.07. The molecule has 0 radical (unpaired) electrons. The average molecular weight is 498 g/mol. The number of hydrogen-bond acceptors (Lipinski definition) is 4. The summed E-state index contributed by atoms with van der Waals surface area (Å²) in [5.74, 6) is 0.198. The molecule has 3 amide bonds. The first kappa shape index (κ1) is 26.2. The van der Waals surface area contributed by atoms with E-state index in [9.17, 15) is 14.0 Å². The molecule has 186 valence electrons. The highest BCUT2D eigenvalue weighted by Gasteiger charge is 2.25. The molecule has 3 aromatic rings. The fourth-order valence-corrected chi connectivity index (χ4v) is 4.47. The van der Waals surface area contributed by atoms with E-state index in [1.165, 1.54) is 12.1 Å². The van der Waals surface area contributed by atoms with Gasteiger partial charge in [-0.1, -0.05) is 19.1 Å². The number of urea groups is 1. The van der Waals surface area contributed by atoms with Crippen LogP contribution in [0.4, 0.5) is 14.9 Å². The Balaban J connectivity index is 1.78. The molecule has 0 aliphatic heterocycles. The maximum Gasteiger partial charge on any atom is 0.322 e. The monoisotopic (exact) mass is 497 g/mol. The number of aryl methyl sites for hydroxylation is 1. The molecule has 0 spiro atoms. The topological polar surface area (TPSA) is 61.9 Å². The first-order chi connectivity index (χ1) is 16.8. The summed E-state index contributed by atoms with van der Waals surface area (Å²) in [7, 11) is 1.58. The maximum atomic E-state index is 13.5. The second-order valence-electron chi connectivity index (χ2n) is 8.45. The van der Waals surface area contributed by atoms with E-state index in [0.717, 1.165) is 16.0 Å². The lowest BCUT2D eigenvalue weighted by atomic mass is 10.2. The highest BCUT2D eigenvalue weighted by molar-refractivity contribution is 7.10. The number of benzene rings is 2. The highest BCUT2D eigenvalue weighted by Crippen LogP contribution is 2.21. The highest BCUT2D eigenvalue weighted by atomic mass is 32.1. The van der Waals surface area contributed by atoms with Crippen molar-refractivity contribution < 1.29 is 18.7 Å². The Labute approximate surface area is 210 Å². The van der Waals surface area contributed by atoms with Crippen LogP contribution >= 0.6 is 11.3 Å². The molecule has 8 heteroatoms. The molecule has 0 aliphatic carbocycles. The van der Waals surface area contributed by atoms with Crippen LogP contribution in [0.15, 0.2) is 60.0 Å². The molecular weight excluding hydrogens is 465 g/mol. The Bertz CT molecular complexity index is 1120. The Kier molecular flexibility index (Phi) is 9.25. The molecule has 3 rings (SSSR count). The van der Waals surface area contributed by atoms with Gasteiger partial charge in [0.05, 0.1) is 13.7 Å².